The SMILES string of the molecule is c1n[nH]c(Sc2ncnc3cscc23)n1. The van der Waals surface area contributed by atoms with Crippen LogP contribution in [0.1, 0.15) is 0 Å². The number of hydrogen-bond donors (Lipinski definition) is 1. The Bertz CT molecular complexity index is 574. The summed E-state index contributed by atoms with van der Waals surface area (Å²) in [6, 6.07) is 0. The lowest BCUT2D eigenvalue weighted by atomic mass is 10.4. The molecule has 0 amide bonds. The summed E-state index contributed by atoms with van der Waals surface area (Å²) in [5.74, 6) is 0. The molecule has 0 fully saturated rings. The number of nitrogens with one attached hydrogen (secondary N) is 1. The zero-order valence-electron chi connectivity index (χ0n) is 7.41. The van der Waals surface area contributed by atoms with Crippen molar-refractivity contribution >= 4 is 34.0 Å². The van der Waals surface area contributed by atoms with Gasteiger partial charge in [-0.15, -0.1) is 11.3 Å². The number of thiophene rings is 1. The minimum Gasteiger partial charge on any atom is -0.254 e. The Morgan fingerprint density at radius 1 is 1.13 bits per heavy atom. The van der Waals surface area contributed by atoms with E-state index in [0.29, 0.717) is 0 Å². The van der Waals surface area contributed by atoms with Gasteiger partial charge < -0.3 is 0 Å². The highest BCUT2D eigenvalue weighted by atomic mass is 32.2. The van der Waals surface area contributed by atoms with Gasteiger partial charge in [0.2, 0.25) is 0 Å². The molecule has 0 atom stereocenters. The van der Waals surface area contributed by atoms with Crippen molar-refractivity contribution in [3.8, 4) is 0 Å². The molecule has 0 spiro atoms. The van der Waals surface area contributed by atoms with Gasteiger partial charge in [-0.1, -0.05) is 0 Å². The minimum absolute atomic E-state index is 0.737. The molecule has 0 aliphatic carbocycles. The smallest absolute Gasteiger partial charge is 0.189 e. The molecule has 74 valence electrons. The Balaban J connectivity index is 2.07. The summed E-state index contributed by atoms with van der Waals surface area (Å²) in [6.45, 7) is 0. The summed E-state index contributed by atoms with van der Waals surface area (Å²) in [7, 11) is 0. The first kappa shape index (κ1) is 8.81. The molecule has 0 bridgehead atoms. The molecule has 7 heteroatoms. The summed E-state index contributed by atoms with van der Waals surface area (Å²) < 4.78 is 0. The third-order valence-corrected chi connectivity index (χ3v) is 3.47. The summed E-state index contributed by atoms with van der Waals surface area (Å²) >= 11 is 3.07. The van der Waals surface area contributed by atoms with Crippen LogP contribution < -0.4 is 0 Å². The first-order chi connectivity index (χ1) is 7.43. The zero-order valence-corrected chi connectivity index (χ0v) is 9.05. The fraction of sp³-hybridized carbons (Fsp3) is 0. The second kappa shape index (κ2) is 3.59. The van der Waals surface area contributed by atoms with Crippen molar-refractivity contribution in [1.82, 2.24) is 25.1 Å². The van der Waals surface area contributed by atoms with Crippen LogP contribution >= 0.6 is 23.1 Å². The molecule has 3 aromatic rings. The Labute approximate surface area is 93.0 Å². The topological polar surface area (TPSA) is 67.3 Å². The number of H-pyrrole nitrogens is 1. The fourth-order valence-electron chi connectivity index (χ4n) is 1.18. The van der Waals surface area contributed by atoms with Crippen LogP contribution in [0.5, 0.6) is 0 Å². The van der Waals surface area contributed by atoms with Gasteiger partial charge in [-0.2, -0.15) is 5.10 Å². The molecule has 0 unspecified atom stereocenters. The van der Waals surface area contributed by atoms with Crippen molar-refractivity contribution < 1.29 is 0 Å². The molecule has 0 aliphatic heterocycles. The molecule has 1 N–H and O–H groups in total. The van der Waals surface area contributed by atoms with Crippen LogP contribution in [-0.2, 0) is 0 Å². The Kier molecular flexibility index (Phi) is 2.11. The van der Waals surface area contributed by atoms with Crippen LogP contribution in [0.15, 0.2) is 33.6 Å². The lowest BCUT2D eigenvalue weighted by Gasteiger charge is -1.97. The normalized spacial score (nSPS) is 10.9. The molecule has 15 heavy (non-hydrogen) atoms. The van der Waals surface area contributed by atoms with Gasteiger partial charge in [-0.3, -0.25) is 5.10 Å². The van der Waals surface area contributed by atoms with Crippen molar-refractivity contribution in [2.45, 2.75) is 10.2 Å². The molecule has 0 aromatic carbocycles. The van der Waals surface area contributed by atoms with Gasteiger partial charge in [0.15, 0.2) is 5.16 Å². The fourth-order valence-corrected chi connectivity index (χ4v) is 2.76. The lowest BCUT2D eigenvalue weighted by molar-refractivity contribution is 0.968. The lowest BCUT2D eigenvalue weighted by Crippen LogP contribution is -1.84. The highest BCUT2D eigenvalue weighted by Crippen LogP contribution is 2.29. The first-order valence-corrected chi connectivity index (χ1v) is 5.89. The van der Waals surface area contributed by atoms with Crippen molar-refractivity contribution in [3.05, 3.63) is 23.4 Å². The molecule has 5 nitrogen and oxygen atoms in total. The van der Waals surface area contributed by atoms with E-state index < -0.39 is 0 Å². The molecule has 0 radical (unpaired) electrons. The molecule has 0 aliphatic rings. The molecule has 3 aromatic heterocycles. The molecule has 3 rings (SSSR count). The molecular formula is C8H5N5S2. The van der Waals surface area contributed by atoms with Crippen molar-refractivity contribution in [1.29, 1.82) is 0 Å². The van der Waals surface area contributed by atoms with Gasteiger partial charge in [0.05, 0.1) is 5.52 Å². The Hall–Kier alpha value is -1.47. The van der Waals surface area contributed by atoms with Gasteiger partial charge in [-0.05, 0) is 11.8 Å². The molecule has 0 saturated carbocycles. The molecule has 0 saturated heterocycles. The average molecular weight is 235 g/mol. The van der Waals surface area contributed by atoms with E-state index in [1.54, 1.807) is 17.7 Å². The maximum absolute atomic E-state index is 4.22. The van der Waals surface area contributed by atoms with Crippen molar-refractivity contribution in [2.75, 3.05) is 0 Å². The monoisotopic (exact) mass is 235 g/mol. The van der Waals surface area contributed by atoms with Gasteiger partial charge >= 0.3 is 0 Å². The predicted molar refractivity (Wildman–Crippen MR) is 57.9 cm³/mol. The van der Waals surface area contributed by atoms with E-state index in [1.807, 2.05) is 10.8 Å². The second-order valence-corrected chi connectivity index (χ2v) is 4.46. The van der Waals surface area contributed by atoms with E-state index >= 15 is 0 Å². The summed E-state index contributed by atoms with van der Waals surface area (Å²) in [6.07, 6.45) is 3.04. The maximum atomic E-state index is 4.22. The van der Waals surface area contributed by atoms with Crippen LogP contribution in [0.25, 0.3) is 10.9 Å². The number of aromatic amines is 1. The number of nitrogens with zero attached hydrogens (tertiary/aromatic N) is 4. The van der Waals surface area contributed by atoms with E-state index in [4.69, 9.17) is 0 Å². The van der Waals surface area contributed by atoms with E-state index in [9.17, 15) is 0 Å². The summed E-state index contributed by atoms with van der Waals surface area (Å²) in [5, 5.41) is 13.3. The van der Waals surface area contributed by atoms with Crippen molar-refractivity contribution in [3.63, 3.8) is 0 Å². The van der Waals surface area contributed by atoms with E-state index in [1.165, 1.54) is 18.1 Å². The van der Waals surface area contributed by atoms with Crippen molar-refractivity contribution in [2.24, 2.45) is 0 Å². The maximum Gasteiger partial charge on any atom is 0.189 e. The number of fused-ring (bicyclic) bond motifs is 1. The highest BCUT2D eigenvalue weighted by Gasteiger charge is 2.07. The third-order valence-electron chi connectivity index (χ3n) is 1.83. The number of rotatable bonds is 2. The standard InChI is InChI=1S/C8H5N5S2/c1-5-6(2-14-1)9-3-10-7(5)15-8-11-4-12-13-8/h1-4H,(H,11,12,13). The van der Waals surface area contributed by atoms with Crippen LogP contribution in [0.4, 0.5) is 0 Å². The second-order valence-electron chi connectivity index (χ2n) is 2.74. The van der Waals surface area contributed by atoms with E-state index in [2.05, 4.69) is 25.1 Å². The van der Waals surface area contributed by atoms with E-state index in [-0.39, 0.29) is 0 Å². The summed E-state index contributed by atoms with van der Waals surface area (Å²) in [4.78, 5) is 12.4. The Morgan fingerprint density at radius 2 is 2.13 bits per heavy atom. The van der Waals surface area contributed by atoms with Gasteiger partial charge in [0.25, 0.3) is 0 Å². The van der Waals surface area contributed by atoms with Crippen LogP contribution in [0.3, 0.4) is 0 Å². The third kappa shape index (κ3) is 1.59. The predicted octanol–water partition coefficient (Wildman–Crippen LogP) is 1.96. The summed E-state index contributed by atoms with van der Waals surface area (Å²) in [5.41, 5.74) is 0.969. The molecule has 3 heterocycles. The van der Waals surface area contributed by atoms with Gasteiger partial charge in [0.1, 0.15) is 17.7 Å². The average Bonchev–Trinajstić information content (AvgIpc) is 2.87. The van der Waals surface area contributed by atoms with E-state index in [0.717, 1.165) is 21.1 Å². The quantitative estimate of drug-likeness (QED) is 0.688. The van der Waals surface area contributed by atoms with Gasteiger partial charge in [-0.25, -0.2) is 15.0 Å². The van der Waals surface area contributed by atoms with Gasteiger partial charge in [0, 0.05) is 16.1 Å². The van der Waals surface area contributed by atoms with Crippen LogP contribution in [0.2, 0.25) is 0 Å². The first-order valence-electron chi connectivity index (χ1n) is 4.13. The number of aromatic nitrogens is 5. The number of hydrogen-bond acceptors (Lipinski definition) is 6. The largest absolute Gasteiger partial charge is 0.254 e. The highest BCUT2D eigenvalue weighted by molar-refractivity contribution is 7.99. The van der Waals surface area contributed by atoms with Crippen LogP contribution in [-0.4, -0.2) is 25.1 Å². The molecular weight excluding hydrogens is 230 g/mol. The van der Waals surface area contributed by atoms with Crippen LogP contribution in [0, 0.1) is 0 Å². The zero-order chi connectivity index (χ0) is 10.1. The Morgan fingerprint density at radius 3 is 3.00 bits per heavy atom. The minimum atomic E-state index is 0.737.